The van der Waals surface area contributed by atoms with Crippen LogP contribution in [0.1, 0.15) is 18.9 Å². The van der Waals surface area contributed by atoms with Gasteiger partial charge >= 0.3 is 0 Å². The van der Waals surface area contributed by atoms with E-state index in [4.69, 9.17) is 0 Å². The number of pyridine rings is 1. The summed E-state index contributed by atoms with van der Waals surface area (Å²) in [6.45, 7) is 5.45. The topological polar surface area (TPSA) is 56.8 Å². The first-order valence-electron chi connectivity index (χ1n) is 10.0. The number of carbonyl (C=O) groups excluding carboxylic acids is 2. The summed E-state index contributed by atoms with van der Waals surface area (Å²) >= 11 is 0. The van der Waals surface area contributed by atoms with Gasteiger partial charge in [0.15, 0.2) is 0 Å². The fraction of sp³-hybridized carbons (Fsp3) is 0.409. The van der Waals surface area contributed by atoms with Gasteiger partial charge in [0.1, 0.15) is 5.82 Å². The van der Waals surface area contributed by atoms with Gasteiger partial charge in [-0.25, -0.2) is 4.98 Å². The number of amides is 2. The summed E-state index contributed by atoms with van der Waals surface area (Å²) in [4.78, 5) is 35.9. The minimum Gasteiger partial charge on any atom is -0.353 e. The lowest BCUT2D eigenvalue weighted by Gasteiger charge is -2.36. The molecule has 6 nitrogen and oxygen atoms in total. The largest absolute Gasteiger partial charge is 0.353 e. The average molecular weight is 378 g/mol. The molecule has 2 fully saturated rings. The molecule has 0 saturated carbocycles. The summed E-state index contributed by atoms with van der Waals surface area (Å²) < 4.78 is 0. The van der Waals surface area contributed by atoms with Gasteiger partial charge in [-0.2, -0.15) is 0 Å². The number of carbonyl (C=O) groups is 2. The van der Waals surface area contributed by atoms with E-state index in [0.29, 0.717) is 26.1 Å². The molecule has 28 heavy (non-hydrogen) atoms. The van der Waals surface area contributed by atoms with E-state index in [1.165, 1.54) is 0 Å². The van der Waals surface area contributed by atoms with E-state index in [1.54, 1.807) is 11.1 Å². The Bertz CT molecular complexity index is 847. The van der Waals surface area contributed by atoms with Crippen LogP contribution in [0.15, 0.2) is 48.7 Å². The van der Waals surface area contributed by atoms with E-state index in [2.05, 4.69) is 22.9 Å². The van der Waals surface area contributed by atoms with Crippen molar-refractivity contribution < 1.29 is 9.59 Å². The predicted octanol–water partition coefficient (Wildman–Crippen LogP) is 2.35. The van der Waals surface area contributed by atoms with Crippen molar-refractivity contribution in [2.24, 2.45) is 5.92 Å². The molecule has 3 heterocycles. The number of piperazine rings is 1. The molecule has 2 saturated heterocycles. The van der Waals surface area contributed by atoms with Gasteiger partial charge in [0.25, 0.3) is 0 Å². The minimum absolute atomic E-state index is 0.0476. The van der Waals surface area contributed by atoms with Gasteiger partial charge in [0.05, 0.1) is 5.92 Å². The van der Waals surface area contributed by atoms with Crippen molar-refractivity contribution in [2.45, 2.75) is 19.8 Å². The van der Waals surface area contributed by atoms with Gasteiger partial charge < -0.3 is 14.7 Å². The summed E-state index contributed by atoms with van der Waals surface area (Å²) in [5.74, 6) is 0.851. The molecule has 1 aromatic carbocycles. The Kier molecular flexibility index (Phi) is 5.28. The molecule has 0 N–H and O–H groups in total. The van der Waals surface area contributed by atoms with Gasteiger partial charge in [-0.15, -0.1) is 0 Å². The van der Waals surface area contributed by atoms with E-state index in [1.807, 2.05) is 41.3 Å². The maximum Gasteiger partial charge on any atom is 0.228 e. The number of hydrogen-bond donors (Lipinski definition) is 0. The first-order valence-corrected chi connectivity index (χ1v) is 10.0. The number of anilines is 2. The lowest BCUT2D eigenvalue weighted by molar-refractivity contribution is -0.136. The number of rotatable bonds is 4. The Hall–Kier alpha value is -2.89. The molecule has 1 atom stereocenters. The Morgan fingerprint density at radius 3 is 2.54 bits per heavy atom. The zero-order chi connectivity index (χ0) is 19.5. The van der Waals surface area contributed by atoms with Crippen molar-refractivity contribution in [1.82, 2.24) is 9.88 Å². The third-order valence-corrected chi connectivity index (χ3v) is 5.70. The van der Waals surface area contributed by atoms with Gasteiger partial charge in [-0.3, -0.25) is 9.59 Å². The van der Waals surface area contributed by atoms with Crippen LogP contribution in [0.3, 0.4) is 0 Å². The van der Waals surface area contributed by atoms with E-state index in [0.717, 1.165) is 36.6 Å². The monoisotopic (exact) mass is 378 g/mol. The summed E-state index contributed by atoms with van der Waals surface area (Å²) in [6, 6.07) is 13.9. The van der Waals surface area contributed by atoms with Crippen molar-refractivity contribution in [3.05, 3.63) is 54.2 Å². The highest BCUT2D eigenvalue weighted by molar-refractivity contribution is 6.00. The summed E-state index contributed by atoms with van der Waals surface area (Å²) in [5.41, 5.74) is 2.10. The first-order chi connectivity index (χ1) is 13.7. The standard InChI is InChI=1S/C22H26N4O2/c1-2-17-7-3-4-8-19(17)26-16-18(15-21(26)27)22(28)25-13-11-24(12-14-25)20-9-5-6-10-23-20/h3-10,18H,2,11-16H2,1H3/t18-/m1/s1. The molecule has 0 aliphatic carbocycles. The van der Waals surface area contributed by atoms with Gasteiger partial charge in [-0.05, 0) is 30.2 Å². The molecular formula is C22H26N4O2. The third kappa shape index (κ3) is 3.59. The molecule has 0 bridgehead atoms. The van der Waals surface area contributed by atoms with Crippen molar-refractivity contribution >= 4 is 23.3 Å². The Morgan fingerprint density at radius 2 is 1.82 bits per heavy atom. The van der Waals surface area contributed by atoms with Crippen LogP contribution in [-0.2, 0) is 16.0 Å². The van der Waals surface area contributed by atoms with Crippen LogP contribution >= 0.6 is 0 Å². The SMILES string of the molecule is CCc1ccccc1N1C[C@H](C(=O)N2CCN(c3ccccn3)CC2)CC1=O. The van der Waals surface area contributed by atoms with E-state index in [-0.39, 0.29) is 17.7 Å². The molecule has 0 radical (unpaired) electrons. The maximum absolute atomic E-state index is 13.0. The van der Waals surface area contributed by atoms with Crippen LogP contribution in [-0.4, -0.2) is 54.4 Å². The molecular weight excluding hydrogens is 352 g/mol. The number of para-hydroxylation sites is 1. The molecule has 0 unspecified atom stereocenters. The molecule has 1 aromatic heterocycles. The lowest BCUT2D eigenvalue weighted by Crippen LogP contribution is -2.51. The second-order valence-electron chi connectivity index (χ2n) is 7.39. The molecule has 6 heteroatoms. The van der Waals surface area contributed by atoms with Crippen LogP contribution in [0.4, 0.5) is 11.5 Å². The summed E-state index contributed by atoms with van der Waals surface area (Å²) in [6.07, 6.45) is 2.96. The normalized spacial score (nSPS) is 20.0. The number of hydrogen-bond acceptors (Lipinski definition) is 4. The lowest BCUT2D eigenvalue weighted by atomic mass is 10.1. The molecule has 2 aromatic rings. The third-order valence-electron chi connectivity index (χ3n) is 5.70. The summed E-state index contributed by atoms with van der Waals surface area (Å²) in [5, 5.41) is 0. The van der Waals surface area contributed by atoms with Crippen LogP contribution < -0.4 is 9.80 Å². The Balaban J connectivity index is 1.39. The predicted molar refractivity (Wildman–Crippen MR) is 109 cm³/mol. The second kappa shape index (κ2) is 8.00. The van der Waals surface area contributed by atoms with Crippen molar-refractivity contribution in [3.8, 4) is 0 Å². The highest BCUT2D eigenvalue weighted by Crippen LogP contribution is 2.29. The van der Waals surface area contributed by atoms with Crippen LogP contribution in [0.2, 0.25) is 0 Å². The van der Waals surface area contributed by atoms with Crippen molar-refractivity contribution in [2.75, 3.05) is 42.5 Å². The Morgan fingerprint density at radius 1 is 1.07 bits per heavy atom. The highest BCUT2D eigenvalue weighted by Gasteiger charge is 2.38. The van der Waals surface area contributed by atoms with Crippen LogP contribution in [0, 0.1) is 5.92 Å². The van der Waals surface area contributed by atoms with Gasteiger partial charge in [0.2, 0.25) is 11.8 Å². The number of benzene rings is 1. The molecule has 146 valence electrons. The van der Waals surface area contributed by atoms with Crippen LogP contribution in [0.25, 0.3) is 0 Å². The van der Waals surface area contributed by atoms with Crippen molar-refractivity contribution in [3.63, 3.8) is 0 Å². The maximum atomic E-state index is 13.0. The summed E-state index contributed by atoms with van der Waals surface area (Å²) in [7, 11) is 0. The van der Waals surface area contributed by atoms with Gasteiger partial charge in [-0.1, -0.05) is 31.2 Å². The molecule has 2 aliphatic rings. The number of nitrogens with zero attached hydrogens (tertiary/aromatic N) is 4. The smallest absolute Gasteiger partial charge is 0.228 e. The van der Waals surface area contributed by atoms with Crippen molar-refractivity contribution in [1.29, 1.82) is 0 Å². The fourth-order valence-corrected chi connectivity index (χ4v) is 4.13. The van der Waals surface area contributed by atoms with Gasteiger partial charge in [0, 0.05) is 51.0 Å². The molecule has 4 rings (SSSR count). The molecule has 2 aliphatic heterocycles. The number of aryl methyl sites for hydroxylation is 1. The molecule has 0 spiro atoms. The van der Waals surface area contributed by atoms with Crippen LogP contribution in [0.5, 0.6) is 0 Å². The van der Waals surface area contributed by atoms with E-state index in [9.17, 15) is 9.59 Å². The zero-order valence-corrected chi connectivity index (χ0v) is 16.3. The quantitative estimate of drug-likeness (QED) is 0.820. The first kappa shape index (κ1) is 18.5. The highest BCUT2D eigenvalue weighted by atomic mass is 16.2. The minimum atomic E-state index is -0.251. The van der Waals surface area contributed by atoms with E-state index >= 15 is 0 Å². The average Bonchev–Trinajstić information content (AvgIpc) is 3.15. The fourth-order valence-electron chi connectivity index (χ4n) is 4.13. The second-order valence-corrected chi connectivity index (χ2v) is 7.39. The Labute approximate surface area is 165 Å². The van der Waals surface area contributed by atoms with E-state index < -0.39 is 0 Å². The zero-order valence-electron chi connectivity index (χ0n) is 16.3. The molecule has 2 amide bonds. The number of aromatic nitrogens is 1.